The van der Waals surface area contributed by atoms with Gasteiger partial charge in [0.25, 0.3) is 0 Å². The second kappa shape index (κ2) is 17.1. The summed E-state index contributed by atoms with van der Waals surface area (Å²) in [6.07, 6.45) is 9.19. The van der Waals surface area contributed by atoms with Crippen LogP contribution in [-0.4, -0.2) is 49.8 Å². The van der Waals surface area contributed by atoms with Crippen molar-refractivity contribution in [3.63, 3.8) is 0 Å². The van der Waals surface area contributed by atoms with Gasteiger partial charge in [-0.05, 0) is 80.6 Å². The van der Waals surface area contributed by atoms with E-state index < -0.39 is 30.4 Å². The fourth-order valence-electron chi connectivity index (χ4n) is 6.17. The Morgan fingerprint density at radius 2 is 1.30 bits per heavy atom. The third-order valence-corrected chi connectivity index (χ3v) is 8.62. The van der Waals surface area contributed by atoms with E-state index in [4.69, 9.17) is 18.9 Å². The van der Waals surface area contributed by atoms with Crippen LogP contribution in [0.5, 0.6) is 0 Å². The maximum Gasteiger partial charge on any atom is 0.338 e. The van der Waals surface area contributed by atoms with Gasteiger partial charge in [-0.3, -0.25) is 4.79 Å². The van der Waals surface area contributed by atoms with Gasteiger partial charge in [0.05, 0.1) is 13.2 Å². The third-order valence-electron chi connectivity index (χ3n) is 8.62. The number of amides is 1. The molecule has 1 heterocycles. The van der Waals surface area contributed by atoms with Crippen molar-refractivity contribution in [1.82, 2.24) is 5.32 Å². The minimum atomic E-state index is -1.17. The van der Waals surface area contributed by atoms with Gasteiger partial charge in [-0.15, -0.1) is 0 Å². The lowest BCUT2D eigenvalue weighted by Crippen LogP contribution is -2.39. The van der Waals surface area contributed by atoms with Crippen molar-refractivity contribution in [2.24, 2.45) is 5.92 Å². The number of ether oxygens (including phenoxy) is 4. The fourth-order valence-corrected chi connectivity index (χ4v) is 6.17. The van der Waals surface area contributed by atoms with E-state index in [1.807, 2.05) is 24.3 Å². The molecule has 1 N–H and O–H groups in total. The lowest BCUT2D eigenvalue weighted by Gasteiger charge is -2.29. The van der Waals surface area contributed by atoms with E-state index in [-0.39, 0.29) is 19.1 Å². The van der Waals surface area contributed by atoms with Crippen LogP contribution in [0.3, 0.4) is 0 Å². The van der Waals surface area contributed by atoms with Crippen LogP contribution in [0.1, 0.15) is 95.0 Å². The van der Waals surface area contributed by atoms with Gasteiger partial charge in [0, 0.05) is 12.1 Å². The summed E-state index contributed by atoms with van der Waals surface area (Å²) in [7, 11) is 0. The molecule has 1 amide bonds. The van der Waals surface area contributed by atoms with Crippen molar-refractivity contribution in [2.75, 3.05) is 19.8 Å². The fraction of sp³-hybridized carbons (Fsp3) is 0.528. The Morgan fingerprint density at radius 3 is 1.82 bits per heavy atom. The molecule has 8 nitrogen and oxygen atoms in total. The van der Waals surface area contributed by atoms with Crippen LogP contribution < -0.4 is 5.32 Å². The highest BCUT2D eigenvalue weighted by Crippen LogP contribution is 2.39. The Kier molecular flexibility index (Phi) is 13.0. The molecular weight excluding hydrogens is 558 g/mol. The summed E-state index contributed by atoms with van der Waals surface area (Å²) < 4.78 is 21.8. The number of rotatable bonds is 15. The smallest absolute Gasteiger partial charge is 0.338 e. The normalized spacial score (nSPS) is 21.9. The molecule has 1 aliphatic heterocycles. The molecule has 238 valence electrons. The summed E-state index contributed by atoms with van der Waals surface area (Å²) in [6.45, 7) is 7.96. The summed E-state index contributed by atoms with van der Waals surface area (Å²) in [5, 5.41) is 2.84. The first kappa shape index (κ1) is 33.4. The third kappa shape index (κ3) is 9.26. The summed E-state index contributed by atoms with van der Waals surface area (Å²) in [4.78, 5) is 36.0. The largest absolute Gasteiger partial charge is 0.464 e. The molecule has 0 bridgehead atoms. The van der Waals surface area contributed by atoms with E-state index in [2.05, 4.69) is 36.2 Å². The lowest BCUT2D eigenvalue weighted by atomic mass is 9.77. The molecule has 0 unspecified atom stereocenters. The van der Waals surface area contributed by atoms with E-state index in [9.17, 15) is 14.4 Å². The molecule has 2 aliphatic rings. The van der Waals surface area contributed by atoms with Crippen LogP contribution in [-0.2, 0) is 33.3 Å². The van der Waals surface area contributed by atoms with E-state index in [1.165, 1.54) is 56.6 Å². The number of hydrogen-bond acceptors (Lipinski definition) is 7. The van der Waals surface area contributed by atoms with Gasteiger partial charge < -0.3 is 24.3 Å². The van der Waals surface area contributed by atoms with Crippen molar-refractivity contribution < 1.29 is 33.3 Å². The number of carbonyl (C=O) groups is 3. The average Bonchev–Trinajstić information content (AvgIpc) is 3.51. The molecule has 2 fully saturated rings. The van der Waals surface area contributed by atoms with Crippen LogP contribution in [0.25, 0.3) is 11.1 Å². The molecule has 4 rings (SSSR count). The zero-order valence-electron chi connectivity index (χ0n) is 26.1. The Hall–Kier alpha value is -3.49. The zero-order chi connectivity index (χ0) is 31.3. The first-order valence-corrected chi connectivity index (χ1v) is 16.2. The number of carbonyl (C=O) groups excluding carboxylic acids is 3. The molecule has 1 saturated carbocycles. The Bertz CT molecular complexity index is 1190. The van der Waals surface area contributed by atoms with Gasteiger partial charge in [0.1, 0.15) is 0 Å². The minimum absolute atomic E-state index is 0.0869. The standard InChI is InChI=1S/C36H47NO7/c1-4-31(38)37-24-10-8-7-9-11-25-12-14-26(15-13-25)27-16-18-28(19-17-27)29-20-22-30(23-21-29)36-43-32(34(39)41-5-2)33(44-36)35(40)42-6-3/h4,16-23,25-26,32-33,36H,1,5-15,24H2,2-3H3,(H,37,38)/t25-,26-,32-,33-/m1/s1. The van der Waals surface area contributed by atoms with Crippen LogP contribution in [0.4, 0.5) is 0 Å². The average molecular weight is 606 g/mol. The summed E-state index contributed by atoms with van der Waals surface area (Å²) >= 11 is 0. The number of esters is 2. The maximum absolute atomic E-state index is 12.4. The second-order valence-corrected chi connectivity index (χ2v) is 11.6. The van der Waals surface area contributed by atoms with Crippen LogP contribution in [0.2, 0.25) is 0 Å². The summed E-state index contributed by atoms with van der Waals surface area (Å²) in [5.41, 5.74) is 4.31. The molecule has 8 heteroatoms. The molecule has 44 heavy (non-hydrogen) atoms. The molecular formula is C36H47NO7. The van der Waals surface area contributed by atoms with Crippen LogP contribution >= 0.6 is 0 Å². The molecule has 1 saturated heterocycles. The Balaban J connectivity index is 1.23. The number of benzene rings is 2. The predicted octanol–water partition coefficient (Wildman–Crippen LogP) is 6.79. The molecule has 0 radical (unpaired) electrons. The number of hydrogen-bond donors (Lipinski definition) is 1. The SMILES string of the molecule is C=CC(=O)NCCCCCC[C@H]1CC[C@H](c2ccc(-c3ccc(C4O[C@@H](C(=O)OCC)[C@H](C(=O)OCC)O4)cc3)cc2)CC1. The van der Waals surface area contributed by atoms with Gasteiger partial charge in [0.2, 0.25) is 5.91 Å². The van der Waals surface area contributed by atoms with Gasteiger partial charge in [-0.1, -0.05) is 80.8 Å². The van der Waals surface area contributed by atoms with Gasteiger partial charge in [0.15, 0.2) is 18.5 Å². The molecule has 2 aromatic rings. The minimum Gasteiger partial charge on any atom is -0.464 e. The van der Waals surface area contributed by atoms with Crippen molar-refractivity contribution in [2.45, 2.75) is 96.1 Å². The lowest BCUT2D eigenvalue weighted by molar-refractivity contribution is -0.163. The maximum atomic E-state index is 12.4. The van der Waals surface area contributed by atoms with Crippen molar-refractivity contribution in [3.8, 4) is 11.1 Å². The summed E-state index contributed by atoms with van der Waals surface area (Å²) in [6, 6.07) is 16.7. The van der Waals surface area contributed by atoms with Crippen molar-refractivity contribution in [1.29, 1.82) is 0 Å². The highest BCUT2D eigenvalue weighted by Gasteiger charge is 2.47. The molecule has 1 aliphatic carbocycles. The molecule has 2 aromatic carbocycles. The highest BCUT2D eigenvalue weighted by molar-refractivity contribution is 5.87. The van der Waals surface area contributed by atoms with Crippen LogP contribution in [0, 0.1) is 5.92 Å². The van der Waals surface area contributed by atoms with E-state index in [0.29, 0.717) is 11.5 Å². The van der Waals surface area contributed by atoms with Crippen molar-refractivity contribution in [3.05, 3.63) is 72.3 Å². The van der Waals surface area contributed by atoms with Gasteiger partial charge >= 0.3 is 11.9 Å². The second-order valence-electron chi connectivity index (χ2n) is 11.6. The van der Waals surface area contributed by atoms with Crippen molar-refractivity contribution >= 4 is 17.8 Å². The van der Waals surface area contributed by atoms with E-state index in [0.717, 1.165) is 36.4 Å². The molecule has 0 aromatic heterocycles. The Morgan fingerprint density at radius 1 is 0.773 bits per heavy atom. The molecule has 2 atom stereocenters. The zero-order valence-corrected chi connectivity index (χ0v) is 26.1. The first-order chi connectivity index (χ1) is 21.4. The van der Waals surface area contributed by atoms with Crippen LogP contribution in [0.15, 0.2) is 61.2 Å². The highest BCUT2D eigenvalue weighted by atomic mass is 16.8. The number of nitrogens with one attached hydrogen (secondary N) is 1. The monoisotopic (exact) mass is 605 g/mol. The van der Waals surface area contributed by atoms with E-state index >= 15 is 0 Å². The van der Waals surface area contributed by atoms with E-state index in [1.54, 1.807) is 13.8 Å². The van der Waals surface area contributed by atoms with Gasteiger partial charge in [-0.25, -0.2) is 9.59 Å². The first-order valence-electron chi connectivity index (χ1n) is 16.2. The number of unbranched alkanes of at least 4 members (excludes halogenated alkanes) is 3. The molecule has 0 spiro atoms. The van der Waals surface area contributed by atoms with Gasteiger partial charge in [-0.2, -0.15) is 0 Å². The predicted molar refractivity (Wildman–Crippen MR) is 169 cm³/mol. The quantitative estimate of drug-likeness (QED) is 0.136. The summed E-state index contributed by atoms with van der Waals surface area (Å²) in [5.74, 6) is 0.0801. The topological polar surface area (TPSA) is 100 Å². The Labute approximate surface area is 261 Å².